The van der Waals surface area contributed by atoms with Gasteiger partial charge in [0, 0.05) is 24.7 Å². The van der Waals surface area contributed by atoms with Gasteiger partial charge in [-0.3, -0.25) is 0 Å². The molecule has 1 aromatic carbocycles. The van der Waals surface area contributed by atoms with Gasteiger partial charge in [0.15, 0.2) is 0 Å². The van der Waals surface area contributed by atoms with Crippen molar-refractivity contribution in [2.75, 3.05) is 27.2 Å². The second-order valence-corrected chi connectivity index (χ2v) is 7.03. The van der Waals surface area contributed by atoms with E-state index in [1.165, 1.54) is 44.2 Å². The van der Waals surface area contributed by atoms with Crippen molar-refractivity contribution in [3.63, 3.8) is 0 Å². The van der Waals surface area contributed by atoms with Crippen LogP contribution in [0, 0.1) is 0 Å². The summed E-state index contributed by atoms with van der Waals surface area (Å²) in [7, 11) is 4.30. The summed E-state index contributed by atoms with van der Waals surface area (Å²) in [6.45, 7) is 4.56. The van der Waals surface area contributed by atoms with Gasteiger partial charge in [-0.1, -0.05) is 43.2 Å². The predicted molar refractivity (Wildman–Crippen MR) is 95.2 cm³/mol. The van der Waals surface area contributed by atoms with E-state index >= 15 is 0 Å². The smallest absolute Gasteiger partial charge is 0.0451 e. The second kappa shape index (κ2) is 9.29. The largest absolute Gasteiger partial charge is 0.314 e. The van der Waals surface area contributed by atoms with Crippen molar-refractivity contribution >= 4 is 0 Å². The molecular formula is C19H33N3. The number of hydrogen-bond acceptors (Lipinski definition) is 3. The van der Waals surface area contributed by atoms with Gasteiger partial charge in [0.2, 0.25) is 0 Å². The lowest BCUT2D eigenvalue weighted by Crippen LogP contribution is -2.41. The molecule has 1 saturated heterocycles. The Bertz CT molecular complexity index is 396. The minimum atomic E-state index is 0.400. The summed E-state index contributed by atoms with van der Waals surface area (Å²) in [5.74, 6) is 0. The van der Waals surface area contributed by atoms with Gasteiger partial charge in [0.05, 0.1) is 0 Å². The Kier molecular flexibility index (Phi) is 7.37. The molecule has 3 heteroatoms. The Balaban J connectivity index is 1.91. The summed E-state index contributed by atoms with van der Waals surface area (Å²) < 4.78 is 0. The van der Waals surface area contributed by atoms with Crippen molar-refractivity contribution in [2.45, 2.75) is 57.2 Å². The zero-order valence-electron chi connectivity index (χ0n) is 14.5. The van der Waals surface area contributed by atoms with Crippen LogP contribution in [0.4, 0.5) is 0 Å². The standard InChI is InChI=1S/C19H33N3/c1-16(14-18-12-8-5-9-13-20-18)21-19(15-22(2)3)17-10-6-4-7-11-17/h4,6-7,10-11,16,18-21H,5,8-9,12-15H2,1-3H3. The first-order chi connectivity index (χ1) is 10.6. The summed E-state index contributed by atoms with van der Waals surface area (Å²) in [5.41, 5.74) is 1.39. The van der Waals surface area contributed by atoms with Gasteiger partial charge in [-0.15, -0.1) is 0 Å². The highest BCUT2D eigenvalue weighted by molar-refractivity contribution is 5.19. The molecule has 0 aliphatic carbocycles. The van der Waals surface area contributed by atoms with Gasteiger partial charge in [0.25, 0.3) is 0 Å². The van der Waals surface area contributed by atoms with Gasteiger partial charge in [0.1, 0.15) is 0 Å². The molecule has 1 aliphatic heterocycles. The van der Waals surface area contributed by atoms with Crippen LogP contribution in [-0.2, 0) is 0 Å². The number of likely N-dealkylation sites (N-methyl/N-ethyl adjacent to an activating group) is 1. The Morgan fingerprint density at radius 2 is 1.95 bits per heavy atom. The average molecular weight is 303 g/mol. The molecule has 0 radical (unpaired) electrons. The van der Waals surface area contributed by atoms with Crippen molar-refractivity contribution in [1.29, 1.82) is 0 Å². The van der Waals surface area contributed by atoms with Crippen LogP contribution in [0.3, 0.4) is 0 Å². The maximum Gasteiger partial charge on any atom is 0.0451 e. The highest BCUT2D eigenvalue weighted by atomic mass is 15.1. The fourth-order valence-electron chi connectivity index (χ4n) is 3.45. The van der Waals surface area contributed by atoms with Gasteiger partial charge in [-0.25, -0.2) is 0 Å². The molecule has 0 bridgehead atoms. The van der Waals surface area contributed by atoms with Crippen LogP contribution in [0.15, 0.2) is 30.3 Å². The topological polar surface area (TPSA) is 27.3 Å². The van der Waals surface area contributed by atoms with E-state index in [1.807, 2.05) is 0 Å². The molecule has 124 valence electrons. The number of nitrogens with zero attached hydrogens (tertiary/aromatic N) is 1. The van der Waals surface area contributed by atoms with E-state index < -0.39 is 0 Å². The van der Waals surface area contributed by atoms with Crippen LogP contribution in [0.1, 0.15) is 50.6 Å². The summed E-state index contributed by atoms with van der Waals surface area (Å²) in [6.07, 6.45) is 6.65. The van der Waals surface area contributed by atoms with Crippen molar-refractivity contribution in [3.8, 4) is 0 Å². The van der Waals surface area contributed by atoms with Crippen molar-refractivity contribution in [3.05, 3.63) is 35.9 Å². The molecule has 0 saturated carbocycles. The molecule has 0 aromatic heterocycles. The number of hydrogen-bond donors (Lipinski definition) is 2. The minimum absolute atomic E-state index is 0.400. The van der Waals surface area contributed by atoms with Crippen LogP contribution >= 0.6 is 0 Å². The van der Waals surface area contributed by atoms with Crippen LogP contribution in [0.5, 0.6) is 0 Å². The number of nitrogens with one attached hydrogen (secondary N) is 2. The zero-order valence-corrected chi connectivity index (χ0v) is 14.5. The first-order valence-corrected chi connectivity index (χ1v) is 8.84. The van der Waals surface area contributed by atoms with Crippen molar-refractivity contribution < 1.29 is 0 Å². The molecule has 2 N–H and O–H groups in total. The molecule has 3 nitrogen and oxygen atoms in total. The lowest BCUT2D eigenvalue weighted by Gasteiger charge is -2.28. The summed E-state index contributed by atoms with van der Waals surface area (Å²) >= 11 is 0. The predicted octanol–water partition coefficient (Wildman–Crippen LogP) is 3.19. The fourth-order valence-corrected chi connectivity index (χ4v) is 3.45. The maximum atomic E-state index is 3.85. The van der Waals surface area contributed by atoms with Crippen molar-refractivity contribution in [2.24, 2.45) is 0 Å². The van der Waals surface area contributed by atoms with Crippen LogP contribution < -0.4 is 10.6 Å². The highest BCUT2D eigenvalue weighted by Crippen LogP contribution is 2.17. The third-order valence-corrected chi connectivity index (χ3v) is 4.54. The normalized spacial score (nSPS) is 22.3. The van der Waals surface area contributed by atoms with E-state index in [0.717, 1.165) is 6.54 Å². The van der Waals surface area contributed by atoms with E-state index in [4.69, 9.17) is 0 Å². The van der Waals surface area contributed by atoms with Gasteiger partial charge in [-0.2, -0.15) is 0 Å². The van der Waals surface area contributed by atoms with Gasteiger partial charge >= 0.3 is 0 Å². The molecule has 0 amide bonds. The summed E-state index contributed by atoms with van der Waals surface area (Å²) in [4.78, 5) is 2.27. The molecule has 1 heterocycles. The molecule has 1 fully saturated rings. The lowest BCUT2D eigenvalue weighted by molar-refractivity contribution is 0.306. The first-order valence-electron chi connectivity index (χ1n) is 8.84. The van der Waals surface area contributed by atoms with E-state index in [0.29, 0.717) is 18.1 Å². The third-order valence-electron chi connectivity index (χ3n) is 4.54. The molecule has 1 aliphatic rings. The Labute approximate surface area is 136 Å². The third kappa shape index (κ3) is 6.07. The summed E-state index contributed by atoms with van der Waals surface area (Å²) in [5, 5.41) is 7.57. The zero-order chi connectivity index (χ0) is 15.8. The van der Waals surface area contributed by atoms with Crippen LogP contribution in [-0.4, -0.2) is 44.2 Å². The van der Waals surface area contributed by atoms with Gasteiger partial charge in [-0.05, 0) is 52.4 Å². The SMILES string of the molecule is CC(CC1CCCCCN1)NC(CN(C)C)c1ccccc1. The second-order valence-electron chi connectivity index (χ2n) is 7.03. The lowest BCUT2D eigenvalue weighted by atomic mass is 10.0. The Morgan fingerprint density at radius 1 is 1.18 bits per heavy atom. The monoisotopic (exact) mass is 303 g/mol. The Morgan fingerprint density at radius 3 is 2.68 bits per heavy atom. The van der Waals surface area contributed by atoms with E-state index in [2.05, 4.69) is 66.9 Å². The molecule has 0 spiro atoms. The van der Waals surface area contributed by atoms with Crippen LogP contribution in [0.25, 0.3) is 0 Å². The molecule has 1 aromatic rings. The quantitative estimate of drug-likeness (QED) is 0.810. The maximum absolute atomic E-state index is 3.85. The van der Waals surface area contributed by atoms with Gasteiger partial charge < -0.3 is 15.5 Å². The minimum Gasteiger partial charge on any atom is -0.314 e. The van der Waals surface area contributed by atoms with E-state index in [1.54, 1.807) is 0 Å². The van der Waals surface area contributed by atoms with E-state index in [9.17, 15) is 0 Å². The molecule has 3 unspecified atom stereocenters. The average Bonchev–Trinajstić information content (AvgIpc) is 2.75. The molecule has 22 heavy (non-hydrogen) atoms. The Hall–Kier alpha value is -0.900. The number of benzene rings is 1. The highest BCUT2D eigenvalue weighted by Gasteiger charge is 2.19. The summed E-state index contributed by atoms with van der Waals surface area (Å²) in [6, 6.07) is 12.4. The van der Waals surface area contributed by atoms with Crippen LogP contribution in [0.2, 0.25) is 0 Å². The van der Waals surface area contributed by atoms with E-state index in [-0.39, 0.29) is 0 Å². The van der Waals surface area contributed by atoms with Crippen molar-refractivity contribution in [1.82, 2.24) is 15.5 Å². The first kappa shape index (κ1) is 17.5. The molecule has 2 rings (SSSR count). The fraction of sp³-hybridized carbons (Fsp3) is 0.684. The molecule has 3 atom stereocenters. The number of rotatable bonds is 7. The molecular weight excluding hydrogens is 270 g/mol.